The van der Waals surface area contributed by atoms with Gasteiger partial charge in [0, 0.05) is 24.1 Å². The standard InChI is InChI=1S/C10H15N3O6S/c1-5(9(10(16)12-11)20(17,18)19)6(2)13-7(14)3-4-8(13)15/h3-6,9H,11H2,1-2H3,(H,12,16)(H,17,18,19). The molecule has 20 heavy (non-hydrogen) atoms. The molecule has 1 rings (SSSR count). The van der Waals surface area contributed by atoms with Crippen LogP contribution in [0, 0.1) is 5.92 Å². The summed E-state index contributed by atoms with van der Waals surface area (Å²) in [4.78, 5) is 35.4. The predicted octanol–water partition coefficient (Wildman–Crippen LogP) is -1.82. The second kappa shape index (κ2) is 5.69. The van der Waals surface area contributed by atoms with Crippen LogP contribution in [0.2, 0.25) is 0 Å². The Bertz CT molecular complexity index is 552. The molecule has 0 aliphatic carbocycles. The minimum atomic E-state index is -4.75. The summed E-state index contributed by atoms with van der Waals surface area (Å²) in [7, 11) is -4.75. The van der Waals surface area contributed by atoms with Crippen LogP contribution in [0.4, 0.5) is 0 Å². The van der Waals surface area contributed by atoms with Crippen molar-refractivity contribution in [1.29, 1.82) is 0 Å². The number of amides is 3. The van der Waals surface area contributed by atoms with Crippen molar-refractivity contribution in [2.24, 2.45) is 11.8 Å². The number of rotatable bonds is 5. The molecule has 112 valence electrons. The van der Waals surface area contributed by atoms with Crippen molar-refractivity contribution in [2.75, 3.05) is 0 Å². The minimum absolute atomic E-state index is 0.614. The van der Waals surface area contributed by atoms with E-state index in [0.717, 1.165) is 17.1 Å². The average molecular weight is 305 g/mol. The first-order valence-electron chi connectivity index (χ1n) is 5.63. The predicted molar refractivity (Wildman–Crippen MR) is 67.3 cm³/mol. The van der Waals surface area contributed by atoms with Crippen molar-refractivity contribution >= 4 is 27.8 Å². The van der Waals surface area contributed by atoms with Crippen LogP contribution in [-0.2, 0) is 24.5 Å². The van der Waals surface area contributed by atoms with Crippen molar-refractivity contribution in [3.63, 3.8) is 0 Å². The molecule has 3 atom stereocenters. The molecule has 0 spiro atoms. The van der Waals surface area contributed by atoms with E-state index in [4.69, 9.17) is 10.4 Å². The molecule has 1 aliphatic rings. The Morgan fingerprint density at radius 3 is 2.10 bits per heavy atom. The number of nitrogens with one attached hydrogen (secondary N) is 1. The van der Waals surface area contributed by atoms with Gasteiger partial charge in [-0.05, 0) is 6.92 Å². The maximum atomic E-state index is 11.5. The number of carbonyl (C=O) groups is 3. The molecule has 1 aliphatic heterocycles. The molecule has 3 amide bonds. The van der Waals surface area contributed by atoms with Gasteiger partial charge >= 0.3 is 0 Å². The lowest BCUT2D eigenvalue weighted by Crippen LogP contribution is -2.53. The number of nitrogens with zero attached hydrogens (tertiary/aromatic N) is 1. The third kappa shape index (κ3) is 3.03. The van der Waals surface area contributed by atoms with Gasteiger partial charge in [-0.1, -0.05) is 6.92 Å². The first-order valence-corrected chi connectivity index (χ1v) is 7.13. The number of imide groups is 1. The molecule has 0 aromatic carbocycles. The van der Waals surface area contributed by atoms with E-state index in [0.29, 0.717) is 0 Å². The zero-order valence-electron chi connectivity index (χ0n) is 10.8. The summed E-state index contributed by atoms with van der Waals surface area (Å²) in [6.45, 7) is 2.71. The quantitative estimate of drug-likeness (QED) is 0.178. The van der Waals surface area contributed by atoms with E-state index >= 15 is 0 Å². The third-order valence-corrected chi connectivity index (χ3v) is 4.50. The molecule has 0 aromatic rings. The monoisotopic (exact) mass is 305 g/mol. The lowest BCUT2D eigenvalue weighted by Gasteiger charge is -2.31. The van der Waals surface area contributed by atoms with Gasteiger partial charge in [0.05, 0.1) is 0 Å². The number of nitrogens with two attached hydrogens (primary N) is 1. The second-order valence-corrected chi connectivity index (χ2v) is 5.96. The van der Waals surface area contributed by atoms with Gasteiger partial charge in [-0.3, -0.25) is 29.3 Å². The number of hydrogen-bond acceptors (Lipinski definition) is 6. The van der Waals surface area contributed by atoms with Crippen molar-refractivity contribution in [3.8, 4) is 0 Å². The molecule has 9 nitrogen and oxygen atoms in total. The fourth-order valence-electron chi connectivity index (χ4n) is 2.03. The first kappa shape index (κ1) is 16.3. The fourth-order valence-corrected chi connectivity index (χ4v) is 3.14. The van der Waals surface area contributed by atoms with Crippen LogP contribution in [-0.4, -0.2) is 46.9 Å². The first-order chi connectivity index (χ1) is 9.11. The Balaban J connectivity index is 3.07. The summed E-state index contributed by atoms with van der Waals surface area (Å²) < 4.78 is 31.7. The Hall–Kier alpha value is -1.78. The zero-order chi connectivity index (χ0) is 15.7. The van der Waals surface area contributed by atoms with E-state index in [2.05, 4.69) is 0 Å². The van der Waals surface area contributed by atoms with Gasteiger partial charge < -0.3 is 0 Å². The lowest BCUT2D eigenvalue weighted by atomic mass is 9.97. The minimum Gasteiger partial charge on any atom is -0.293 e. The smallest absolute Gasteiger partial charge is 0.277 e. The normalized spacial score (nSPS) is 19.9. The topological polar surface area (TPSA) is 147 Å². The maximum Gasteiger partial charge on any atom is 0.277 e. The maximum absolute atomic E-state index is 11.5. The molecule has 0 radical (unpaired) electrons. The van der Waals surface area contributed by atoms with Crippen LogP contribution in [0.5, 0.6) is 0 Å². The van der Waals surface area contributed by atoms with Crippen molar-refractivity contribution in [1.82, 2.24) is 10.3 Å². The lowest BCUT2D eigenvalue weighted by molar-refractivity contribution is -0.141. The molecular formula is C10H15N3O6S. The van der Waals surface area contributed by atoms with Crippen LogP contribution in [0.3, 0.4) is 0 Å². The molecule has 10 heteroatoms. The van der Waals surface area contributed by atoms with Gasteiger partial charge in [0.25, 0.3) is 27.8 Å². The van der Waals surface area contributed by atoms with E-state index in [1.165, 1.54) is 13.8 Å². The number of hydrazine groups is 1. The molecule has 0 aromatic heterocycles. The van der Waals surface area contributed by atoms with Crippen LogP contribution >= 0.6 is 0 Å². The molecule has 4 N–H and O–H groups in total. The highest BCUT2D eigenvalue weighted by Gasteiger charge is 2.43. The Kier molecular flexibility index (Phi) is 4.63. The third-order valence-electron chi connectivity index (χ3n) is 3.21. The molecular weight excluding hydrogens is 290 g/mol. The van der Waals surface area contributed by atoms with Gasteiger partial charge in [-0.25, -0.2) is 5.84 Å². The SMILES string of the molecule is CC(C(C)N1C(=O)C=CC1=O)C(C(=O)NN)S(=O)(=O)O. The highest BCUT2D eigenvalue weighted by molar-refractivity contribution is 7.87. The summed E-state index contributed by atoms with van der Waals surface area (Å²) in [5.74, 6) is 1.47. The van der Waals surface area contributed by atoms with Crippen molar-refractivity contribution < 1.29 is 27.4 Å². The van der Waals surface area contributed by atoms with Gasteiger partial charge in [0.15, 0.2) is 5.25 Å². The molecule has 0 fully saturated rings. The summed E-state index contributed by atoms with van der Waals surface area (Å²) in [6.07, 6.45) is 2.08. The Morgan fingerprint density at radius 1 is 1.30 bits per heavy atom. The highest BCUT2D eigenvalue weighted by Crippen LogP contribution is 2.22. The molecule has 1 heterocycles. The van der Waals surface area contributed by atoms with E-state index in [9.17, 15) is 22.8 Å². The van der Waals surface area contributed by atoms with Crippen molar-refractivity contribution in [2.45, 2.75) is 25.1 Å². The Morgan fingerprint density at radius 2 is 1.75 bits per heavy atom. The van der Waals surface area contributed by atoms with E-state index in [1.54, 1.807) is 5.43 Å². The molecule has 0 saturated heterocycles. The van der Waals surface area contributed by atoms with Crippen LogP contribution in [0.15, 0.2) is 12.2 Å². The van der Waals surface area contributed by atoms with Crippen molar-refractivity contribution in [3.05, 3.63) is 12.2 Å². The summed E-state index contributed by atoms with van der Waals surface area (Å²) in [5, 5.41) is -1.89. The van der Waals surface area contributed by atoms with Gasteiger partial charge in [0.1, 0.15) is 0 Å². The highest BCUT2D eigenvalue weighted by atomic mass is 32.2. The average Bonchev–Trinajstić information content (AvgIpc) is 2.66. The van der Waals surface area contributed by atoms with Gasteiger partial charge in [-0.15, -0.1) is 0 Å². The summed E-state index contributed by atoms with van der Waals surface area (Å²) in [6, 6.07) is -0.922. The molecule has 0 bridgehead atoms. The largest absolute Gasteiger partial charge is 0.293 e. The summed E-state index contributed by atoms with van der Waals surface area (Å²) in [5.41, 5.74) is 1.64. The van der Waals surface area contributed by atoms with E-state index in [1.807, 2.05) is 0 Å². The number of hydrogen-bond donors (Lipinski definition) is 3. The van der Waals surface area contributed by atoms with Gasteiger partial charge in [-0.2, -0.15) is 8.42 Å². The zero-order valence-corrected chi connectivity index (χ0v) is 11.6. The fraction of sp³-hybridized carbons (Fsp3) is 0.500. The second-order valence-electron chi connectivity index (χ2n) is 4.42. The van der Waals surface area contributed by atoms with E-state index < -0.39 is 45.0 Å². The molecule has 3 unspecified atom stereocenters. The van der Waals surface area contributed by atoms with Crippen LogP contribution in [0.1, 0.15) is 13.8 Å². The Labute approximate surface area is 115 Å². The van der Waals surface area contributed by atoms with Gasteiger partial charge in [0.2, 0.25) is 0 Å². The van der Waals surface area contributed by atoms with Crippen LogP contribution < -0.4 is 11.3 Å². The summed E-state index contributed by atoms with van der Waals surface area (Å²) >= 11 is 0. The van der Waals surface area contributed by atoms with Crippen LogP contribution in [0.25, 0.3) is 0 Å². The number of carbonyl (C=O) groups excluding carboxylic acids is 3. The molecule has 0 saturated carbocycles. The van der Waals surface area contributed by atoms with E-state index in [-0.39, 0.29) is 0 Å².